The molecule has 0 aliphatic rings. The highest BCUT2D eigenvalue weighted by Gasteiger charge is 2.16. The van der Waals surface area contributed by atoms with Crippen molar-refractivity contribution in [3.8, 4) is 6.07 Å². The number of rotatable bonds is 4. The van der Waals surface area contributed by atoms with Gasteiger partial charge in [0.2, 0.25) is 0 Å². The molecule has 22 heavy (non-hydrogen) atoms. The molecule has 5 heteroatoms. The Morgan fingerprint density at radius 3 is 2.86 bits per heavy atom. The highest BCUT2D eigenvalue weighted by atomic mass is 35.5. The highest BCUT2D eigenvalue weighted by molar-refractivity contribution is 6.31. The second-order valence-electron chi connectivity index (χ2n) is 4.79. The Bertz CT molecular complexity index is 860. The Kier molecular flexibility index (Phi) is 4.59. The second-order valence-corrected chi connectivity index (χ2v) is 5.20. The lowest BCUT2D eigenvalue weighted by Crippen LogP contribution is -2.25. The summed E-state index contributed by atoms with van der Waals surface area (Å²) in [6, 6.07) is 8.41. The summed E-state index contributed by atoms with van der Waals surface area (Å²) >= 11 is 5.95. The van der Waals surface area contributed by atoms with E-state index in [0.717, 1.165) is 0 Å². The largest absolute Gasteiger partial charge is 0.317 e. The lowest BCUT2D eigenvalue weighted by atomic mass is 9.99. The molecule has 110 valence electrons. The first-order valence-electron chi connectivity index (χ1n) is 6.51. The zero-order valence-corrected chi connectivity index (χ0v) is 12.7. The molecule has 1 aromatic carbocycles. The van der Waals surface area contributed by atoms with E-state index in [1.807, 2.05) is 6.07 Å². The normalized spacial score (nSPS) is 10.0. The minimum absolute atomic E-state index is 0.0563. The SMILES string of the molecule is C=Cc1cc(C(=O)Cc2cccc(Cl)c2C#N)c(=O)n(C)c1. The third kappa shape index (κ3) is 3.00. The third-order valence-electron chi connectivity index (χ3n) is 3.30. The Morgan fingerprint density at radius 2 is 2.23 bits per heavy atom. The number of carbonyl (C=O) groups is 1. The molecule has 0 aliphatic heterocycles. The molecule has 0 saturated carbocycles. The first-order valence-corrected chi connectivity index (χ1v) is 6.89. The number of ketones is 1. The van der Waals surface area contributed by atoms with Crippen molar-refractivity contribution in [1.82, 2.24) is 4.57 Å². The van der Waals surface area contributed by atoms with Crippen LogP contribution >= 0.6 is 11.6 Å². The maximum Gasteiger partial charge on any atom is 0.261 e. The van der Waals surface area contributed by atoms with Gasteiger partial charge in [-0.2, -0.15) is 5.26 Å². The van der Waals surface area contributed by atoms with Crippen molar-refractivity contribution in [3.05, 3.63) is 74.7 Å². The van der Waals surface area contributed by atoms with E-state index in [9.17, 15) is 9.59 Å². The van der Waals surface area contributed by atoms with E-state index in [-0.39, 0.29) is 28.9 Å². The number of benzene rings is 1. The topological polar surface area (TPSA) is 62.9 Å². The smallest absolute Gasteiger partial charge is 0.261 e. The van der Waals surface area contributed by atoms with Crippen LogP contribution in [0.5, 0.6) is 0 Å². The maximum atomic E-state index is 12.4. The molecule has 0 bridgehead atoms. The van der Waals surface area contributed by atoms with Crippen LogP contribution < -0.4 is 5.56 Å². The molecule has 0 N–H and O–H groups in total. The predicted octanol–water partition coefficient (Wildman–Crippen LogP) is 2.98. The van der Waals surface area contributed by atoms with Crippen LogP contribution in [0.2, 0.25) is 5.02 Å². The molecular weight excluding hydrogens is 300 g/mol. The monoisotopic (exact) mass is 312 g/mol. The van der Waals surface area contributed by atoms with E-state index in [0.29, 0.717) is 16.1 Å². The summed E-state index contributed by atoms with van der Waals surface area (Å²) in [6.45, 7) is 3.64. The number of nitrogens with zero attached hydrogens (tertiary/aromatic N) is 2. The average Bonchev–Trinajstić information content (AvgIpc) is 2.50. The number of hydrogen-bond donors (Lipinski definition) is 0. The molecule has 0 spiro atoms. The standard InChI is InChI=1S/C17H13ClN2O2/c1-3-11-7-13(17(22)20(2)10-11)16(21)8-12-5-4-6-15(18)14(12)9-19/h3-7,10H,1,8H2,2H3. The minimum Gasteiger partial charge on any atom is -0.317 e. The quantitative estimate of drug-likeness (QED) is 0.815. The summed E-state index contributed by atoms with van der Waals surface area (Å²) in [5.74, 6) is -0.358. The number of aryl methyl sites for hydroxylation is 1. The number of pyridine rings is 1. The van der Waals surface area contributed by atoms with E-state index in [2.05, 4.69) is 6.58 Å². The van der Waals surface area contributed by atoms with Crippen molar-refractivity contribution in [2.75, 3.05) is 0 Å². The zero-order valence-electron chi connectivity index (χ0n) is 12.0. The molecule has 0 aliphatic carbocycles. The first-order chi connectivity index (χ1) is 10.5. The summed E-state index contributed by atoms with van der Waals surface area (Å²) < 4.78 is 1.34. The van der Waals surface area contributed by atoms with Gasteiger partial charge in [0.1, 0.15) is 6.07 Å². The van der Waals surface area contributed by atoms with Gasteiger partial charge in [-0.25, -0.2) is 0 Å². The summed E-state index contributed by atoms with van der Waals surface area (Å²) in [7, 11) is 1.58. The first kappa shape index (κ1) is 15.7. The fraction of sp³-hybridized carbons (Fsp3) is 0.118. The number of Topliss-reactive ketones (excluding diaryl/α,β-unsaturated/α-hetero) is 1. The summed E-state index contributed by atoms with van der Waals surface area (Å²) in [5, 5.41) is 9.43. The van der Waals surface area contributed by atoms with Crippen LogP contribution in [0.4, 0.5) is 0 Å². The average molecular weight is 313 g/mol. The Hall–Kier alpha value is -2.64. The molecule has 0 saturated heterocycles. The molecule has 4 nitrogen and oxygen atoms in total. The van der Waals surface area contributed by atoms with Crippen molar-refractivity contribution in [2.24, 2.45) is 7.05 Å². The molecule has 0 atom stereocenters. The third-order valence-corrected chi connectivity index (χ3v) is 3.62. The molecule has 0 radical (unpaired) electrons. The maximum absolute atomic E-state index is 12.4. The predicted molar refractivity (Wildman–Crippen MR) is 86.0 cm³/mol. The van der Waals surface area contributed by atoms with E-state index in [1.165, 1.54) is 10.6 Å². The zero-order chi connectivity index (χ0) is 16.3. The number of aromatic nitrogens is 1. The van der Waals surface area contributed by atoms with Crippen molar-refractivity contribution < 1.29 is 4.79 Å². The van der Waals surface area contributed by atoms with Gasteiger partial charge in [-0.3, -0.25) is 9.59 Å². The van der Waals surface area contributed by atoms with Gasteiger partial charge in [0.15, 0.2) is 5.78 Å². The van der Waals surface area contributed by atoms with Crippen molar-refractivity contribution >= 4 is 23.5 Å². The van der Waals surface area contributed by atoms with Crippen LogP contribution in [0.1, 0.15) is 27.0 Å². The molecule has 2 aromatic rings. The van der Waals surface area contributed by atoms with E-state index in [4.69, 9.17) is 16.9 Å². The Balaban J connectivity index is 2.45. The summed E-state index contributed by atoms with van der Waals surface area (Å²) in [6.07, 6.45) is 3.11. The second kappa shape index (κ2) is 6.42. The summed E-state index contributed by atoms with van der Waals surface area (Å²) in [5.41, 5.74) is 1.14. The molecule has 1 heterocycles. The molecule has 1 aromatic heterocycles. The number of halogens is 1. The van der Waals surface area contributed by atoms with Crippen LogP contribution in [0.25, 0.3) is 6.08 Å². The highest BCUT2D eigenvalue weighted by Crippen LogP contribution is 2.20. The van der Waals surface area contributed by atoms with Crippen molar-refractivity contribution in [1.29, 1.82) is 5.26 Å². The number of nitriles is 1. The van der Waals surface area contributed by atoms with Gasteiger partial charge in [0.05, 0.1) is 16.1 Å². The van der Waals surface area contributed by atoms with Crippen LogP contribution in [0.15, 0.2) is 41.8 Å². The van der Waals surface area contributed by atoms with Crippen LogP contribution in [-0.2, 0) is 13.5 Å². The van der Waals surface area contributed by atoms with Crippen LogP contribution in [0, 0.1) is 11.3 Å². The lowest BCUT2D eigenvalue weighted by molar-refractivity contribution is 0.0991. The van der Waals surface area contributed by atoms with E-state index in [1.54, 1.807) is 37.5 Å². The van der Waals surface area contributed by atoms with Crippen LogP contribution in [-0.4, -0.2) is 10.4 Å². The summed E-state index contributed by atoms with van der Waals surface area (Å²) in [4.78, 5) is 24.5. The fourth-order valence-corrected chi connectivity index (χ4v) is 2.40. The van der Waals surface area contributed by atoms with Gasteiger partial charge in [0, 0.05) is 19.7 Å². The van der Waals surface area contributed by atoms with Gasteiger partial charge in [-0.05, 0) is 23.3 Å². The van der Waals surface area contributed by atoms with Crippen molar-refractivity contribution in [2.45, 2.75) is 6.42 Å². The molecule has 0 amide bonds. The lowest BCUT2D eigenvalue weighted by Gasteiger charge is -2.07. The van der Waals surface area contributed by atoms with Gasteiger partial charge in [0.25, 0.3) is 5.56 Å². The Labute approximate surface area is 132 Å². The molecule has 0 unspecified atom stereocenters. The van der Waals surface area contributed by atoms with E-state index < -0.39 is 0 Å². The van der Waals surface area contributed by atoms with E-state index >= 15 is 0 Å². The number of hydrogen-bond acceptors (Lipinski definition) is 3. The van der Waals surface area contributed by atoms with Gasteiger partial charge in [-0.15, -0.1) is 0 Å². The molecule has 0 fully saturated rings. The fourth-order valence-electron chi connectivity index (χ4n) is 2.16. The Morgan fingerprint density at radius 1 is 1.50 bits per heavy atom. The van der Waals surface area contributed by atoms with Gasteiger partial charge in [-0.1, -0.05) is 36.4 Å². The van der Waals surface area contributed by atoms with Gasteiger partial charge >= 0.3 is 0 Å². The van der Waals surface area contributed by atoms with Gasteiger partial charge < -0.3 is 4.57 Å². The minimum atomic E-state index is -0.379. The molecular formula is C17H13ClN2O2. The van der Waals surface area contributed by atoms with Crippen molar-refractivity contribution in [3.63, 3.8) is 0 Å². The number of carbonyl (C=O) groups excluding carboxylic acids is 1. The molecule has 2 rings (SSSR count). The van der Waals surface area contributed by atoms with Crippen LogP contribution in [0.3, 0.4) is 0 Å².